The van der Waals surface area contributed by atoms with Crippen molar-refractivity contribution >= 4 is 16.7 Å². The molecule has 0 aliphatic carbocycles. The number of aromatic amines is 1. The zero-order valence-electron chi connectivity index (χ0n) is 14.3. The molecule has 4 aromatic rings. The number of para-hydroxylation sites is 1. The van der Waals surface area contributed by atoms with Gasteiger partial charge >= 0.3 is 0 Å². The Hall–Kier alpha value is -3.13. The first-order valence-electron chi connectivity index (χ1n) is 8.42. The van der Waals surface area contributed by atoms with Gasteiger partial charge in [0, 0.05) is 16.5 Å². The Morgan fingerprint density at radius 3 is 2.04 bits per heavy atom. The van der Waals surface area contributed by atoms with Crippen molar-refractivity contribution in [1.29, 1.82) is 0 Å². The lowest BCUT2D eigenvalue weighted by atomic mass is 9.96. The van der Waals surface area contributed by atoms with Crippen LogP contribution in [0.25, 0.3) is 22.2 Å². The van der Waals surface area contributed by atoms with Crippen LogP contribution in [-0.4, -0.2) is 10.8 Å². The molecule has 0 bridgehead atoms. The van der Waals surface area contributed by atoms with Crippen LogP contribution < -0.4 is 0 Å². The molecule has 1 heterocycles. The van der Waals surface area contributed by atoms with Crippen molar-refractivity contribution in [2.24, 2.45) is 0 Å². The Morgan fingerprint density at radius 2 is 1.36 bits per heavy atom. The van der Waals surface area contributed by atoms with E-state index in [0.29, 0.717) is 5.56 Å². The number of nitrogens with one attached hydrogen (secondary N) is 1. The summed E-state index contributed by atoms with van der Waals surface area (Å²) in [4.78, 5) is 16.7. The van der Waals surface area contributed by atoms with Crippen molar-refractivity contribution in [3.05, 3.63) is 95.1 Å². The number of benzene rings is 3. The Bertz CT molecular complexity index is 1050. The van der Waals surface area contributed by atoms with E-state index in [1.165, 1.54) is 5.56 Å². The molecule has 0 spiro atoms. The van der Waals surface area contributed by atoms with E-state index in [1.54, 1.807) is 0 Å². The van der Waals surface area contributed by atoms with Crippen molar-refractivity contribution in [1.82, 2.24) is 4.98 Å². The normalized spacial score (nSPS) is 11.0. The summed E-state index contributed by atoms with van der Waals surface area (Å²) in [7, 11) is 0. The summed E-state index contributed by atoms with van der Waals surface area (Å²) in [5.41, 5.74) is 6.69. The van der Waals surface area contributed by atoms with E-state index >= 15 is 0 Å². The Labute approximate surface area is 147 Å². The van der Waals surface area contributed by atoms with E-state index in [2.05, 4.69) is 36.2 Å². The van der Waals surface area contributed by atoms with Crippen LogP contribution in [0.4, 0.5) is 0 Å². The fourth-order valence-corrected chi connectivity index (χ4v) is 3.16. The molecule has 0 atom stereocenters. The summed E-state index contributed by atoms with van der Waals surface area (Å²) in [5, 5.41) is 0.962. The largest absolute Gasteiger partial charge is 0.354 e. The lowest BCUT2D eigenvalue weighted by molar-refractivity contribution is 0.104. The molecule has 1 aromatic heterocycles. The number of hydrogen-bond donors (Lipinski definition) is 1. The molecular weight excluding hydrogens is 306 g/mol. The number of carbonyl (C=O) groups is 1. The van der Waals surface area contributed by atoms with Crippen molar-refractivity contribution < 1.29 is 4.79 Å². The van der Waals surface area contributed by atoms with Gasteiger partial charge in [0.05, 0.1) is 11.3 Å². The first-order valence-corrected chi connectivity index (χ1v) is 8.42. The van der Waals surface area contributed by atoms with Crippen LogP contribution in [0.5, 0.6) is 0 Å². The number of aryl methyl sites for hydroxylation is 2. The summed E-state index contributed by atoms with van der Waals surface area (Å²) in [6, 6.07) is 24.0. The average molecular weight is 325 g/mol. The fourth-order valence-electron chi connectivity index (χ4n) is 3.16. The van der Waals surface area contributed by atoms with E-state index in [4.69, 9.17) is 0 Å². The van der Waals surface area contributed by atoms with E-state index in [-0.39, 0.29) is 5.78 Å². The highest BCUT2D eigenvalue weighted by Gasteiger charge is 2.20. The van der Waals surface area contributed by atoms with Crippen LogP contribution in [0, 0.1) is 13.8 Å². The van der Waals surface area contributed by atoms with Gasteiger partial charge in [-0.3, -0.25) is 4.79 Å². The molecule has 122 valence electrons. The van der Waals surface area contributed by atoms with Gasteiger partial charge in [-0.25, -0.2) is 0 Å². The molecule has 0 aliphatic heterocycles. The summed E-state index contributed by atoms with van der Waals surface area (Å²) < 4.78 is 0. The third kappa shape index (κ3) is 2.76. The minimum absolute atomic E-state index is 0.0491. The third-order valence-electron chi connectivity index (χ3n) is 4.59. The van der Waals surface area contributed by atoms with Crippen LogP contribution >= 0.6 is 0 Å². The van der Waals surface area contributed by atoms with E-state index in [0.717, 1.165) is 33.3 Å². The van der Waals surface area contributed by atoms with Crippen molar-refractivity contribution in [3.63, 3.8) is 0 Å². The number of ketones is 1. The van der Waals surface area contributed by atoms with Crippen LogP contribution in [-0.2, 0) is 0 Å². The number of fused-ring (bicyclic) bond motifs is 1. The minimum Gasteiger partial charge on any atom is -0.354 e. The Kier molecular flexibility index (Phi) is 3.73. The van der Waals surface area contributed by atoms with Gasteiger partial charge in [-0.15, -0.1) is 0 Å². The predicted molar refractivity (Wildman–Crippen MR) is 103 cm³/mol. The zero-order chi connectivity index (χ0) is 17.4. The second-order valence-corrected chi connectivity index (χ2v) is 6.48. The molecule has 0 saturated heterocycles. The highest BCUT2D eigenvalue weighted by atomic mass is 16.1. The molecule has 4 rings (SSSR count). The maximum absolute atomic E-state index is 13.3. The van der Waals surface area contributed by atoms with Gasteiger partial charge in [-0.2, -0.15) is 0 Å². The van der Waals surface area contributed by atoms with Gasteiger partial charge in [-0.1, -0.05) is 77.9 Å². The number of rotatable bonds is 3. The van der Waals surface area contributed by atoms with E-state index in [9.17, 15) is 4.79 Å². The number of aromatic nitrogens is 1. The molecule has 0 aliphatic rings. The lowest BCUT2D eigenvalue weighted by Crippen LogP contribution is -2.02. The standard InChI is InChI=1S/C23H19NO/c1-15-7-11-17(12-8-15)22-21(19-5-3-4-6-20(19)24-22)23(25)18-13-9-16(2)10-14-18/h3-14,24H,1-2H3. The highest BCUT2D eigenvalue weighted by molar-refractivity contribution is 6.20. The molecular formula is C23H19NO. The zero-order valence-corrected chi connectivity index (χ0v) is 14.3. The van der Waals surface area contributed by atoms with Gasteiger partial charge < -0.3 is 4.98 Å². The van der Waals surface area contributed by atoms with Crippen molar-refractivity contribution in [2.45, 2.75) is 13.8 Å². The molecule has 1 N–H and O–H groups in total. The molecule has 25 heavy (non-hydrogen) atoms. The van der Waals surface area contributed by atoms with E-state index < -0.39 is 0 Å². The predicted octanol–water partition coefficient (Wildman–Crippen LogP) is 5.68. The number of H-pyrrole nitrogens is 1. The second kappa shape index (κ2) is 6.06. The summed E-state index contributed by atoms with van der Waals surface area (Å²) >= 11 is 0. The van der Waals surface area contributed by atoms with Gasteiger partial charge in [-0.05, 0) is 25.5 Å². The third-order valence-corrected chi connectivity index (χ3v) is 4.59. The number of carbonyl (C=O) groups excluding carboxylic acids is 1. The molecule has 2 heteroatoms. The summed E-state index contributed by atoms with van der Waals surface area (Å²) in [5.74, 6) is 0.0491. The Balaban J connectivity index is 1.94. The second-order valence-electron chi connectivity index (χ2n) is 6.48. The minimum atomic E-state index is 0.0491. The summed E-state index contributed by atoms with van der Waals surface area (Å²) in [6.07, 6.45) is 0. The topological polar surface area (TPSA) is 32.9 Å². The maximum atomic E-state index is 13.3. The SMILES string of the molecule is Cc1ccc(C(=O)c2c(-c3ccc(C)cc3)[nH]c3ccccc23)cc1. The van der Waals surface area contributed by atoms with Gasteiger partial charge in [0.2, 0.25) is 0 Å². The van der Waals surface area contributed by atoms with Crippen molar-refractivity contribution in [2.75, 3.05) is 0 Å². The molecule has 0 fully saturated rings. The average Bonchev–Trinajstić information content (AvgIpc) is 3.02. The van der Waals surface area contributed by atoms with Crippen molar-refractivity contribution in [3.8, 4) is 11.3 Å². The smallest absolute Gasteiger partial charge is 0.195 e. The summed E-state index contributed by atoms with van der Waals surface area (Å²) in [6.45, 7) is 4.09. The first-order chi connectivity index (χ1) is 12.1. The van der Waals surface area contributed by atoms with Gasteiger partial charge in [0.1, 0.15) is 0 Å². The molecule has 2 nitrogen and oxygen atoms in total. The first kappa shape index (κ1) is 15.4. The van der Waals surface area contributed by atoms with Crippen LogP contribution in [0.3, 0.4) is 0 Å². The fraction of sp³-hybridized carbons (Fsp3) is 0.0870. The van der Waals surface area contributed by atoms with Crippen LogP contribution in [0.15, 0.2) is 72.8 Å². The van der Waals surface area contributed by atoms with Crippen LogP contribution in [0.2, 0.25) is 0 Å². The molecule has 0 amide bonds. The van der Waals surface area contributed by atoms with Crippen LogP contribution in [0.1, 0.15) is 27.0 Å². The number of hydrogen-bond acceptors (Lipinski definition) is 1. The lowest BCUT2D eigenvalue weighted by Gasteiger charge is -2.06. The maximum Gasteiger partial charge on any atom is 0.195 e. The Morgan fingerprint density at radius 1 is 0.760 bits per heavy atom. The highest BCUT2D eigenvalue weighted by Crippen LogP contribution is 2.32. The molecule has 3 aromatic carbocycles. The molecule has 0 unspecified atom stereocenters. The van der Waals surface area contributed by atoms with Gasteiger partial charge in [0.15, 0.2) is 5.78 Å². The quantitative estimate of drug-likeness (QED) is 0.483. The monoisotopic (exact) mass is 325 g/mol. The van der Waals surface area contributed by atoms with E-state index in [1.807, 2.05) is 55.5 Å². The molecule has 0 saturated carbocycles. The molecule has 0 radical (unpaired) electrons. The van der Waals surface area contributed by atoms with Gasteiger partial charge in [0.25, 0.3) is 0 Å².